The lowest BCUT2D eigenvalue weighted by atomic mass is 9.92. The SMILES string of the molecule is CC(C)c1cc(C2(C#N)CC2)ccc1F. The topological polar surface area (TPSA) is 23.8 Å². The Morgan fingerprint density at radius 1 is 1.40 bits per heavy atom. The highest BCUT2D eigenvalue weighted by atomic mass is 19.1. The van der Waals surface area contributed by atoms with Gasteiger partial charge in [0.1, 0.15) is 5.82 Å². The first-order valence-electron chi connectivity index (χ1n) is 5.30. The fraction of sp³-hybridized carbons (Fsp3) is 0.462. The van der Waals surface area contributed by atoms with E-state index in [0.29, 0.717) is 5.56 Å². The molecule has 2 heteroatoms. The molecule has 1 aliphatic rings. The molecule has 1 fully saturated rings. The van der Waals surface area contributed by atoms with E-state index in [1.165, 1.54) is 6.07 Å². The first kappa shape index (κ1) is 10.2. The summed E-state index contributed by atoms with van der Waals surface area (Å²) in [6, 6.07) is 7.42. The van der Waals surface area contributed by atoms with Crippen LogP contribution in [0, 0.1) is 17.1 Å². The molecule has 1 aromatic carbocycles. The van der Waals surface area contributed by atoms with Crippen molar-refractivity contribution in [3.8, 4) is 6.07 Å². The van der Waals surface area contributed by atoms with E-state index in [4.69, 9.17) is 5.26 Å². The Kier molecular flexibility index (Phi) is 2.26. The third kappa shape index (κ3) is 1.63. The van der Waals surface area contributed by atoms with Gasteiger partial charge in [-0.2, -0.15) is 5.26 Å². The molecule has 0 bridgehead atoms. The van der Waals surface area contributed by atoms with Gasteiger partial charge in [-0.25, -0.2) is 4.39 Å². The lowest BCUT2D eigenvalue weighted by Gasteiger charge is -2.12. The van der Waals surface area contributed by atoms with Gasteiger partial charge in [-0.15, -0.1) is 0 Å². The van der Waals surface area contributed by atoms with E-state index in [0.717, 1.165) is 18.4 Å². The fourth-order valence-electron chi connectivity index (χ4n) is 1.87. The molecule has 0 unspecified atom stereocenters. The number of hydrogen-bond donors (Lipinski definition) is 0. The maximum absolute atomic E-state index is 13.5. The maximum Gasteiger partial charge on any atom is 0.126 e. The number of nitriles is 1. The van der Waals surface area contributed by atoms with Crippen molar-refractivity contribution in [2.75, 3.05) is 0 Å². The van der Waals surface area contributed by atoms with Gasteiger partial charge < -0.3 is 0 Å². The van der Waals surface area contributed by atoms with Crippen LogP contribution >= 0.6 is 0 Å². The minimum atomic E-state index is -0.308. The Balaban J connectivity index is 2.44. The van der Waals surface area contributed by atoms with Crippen LogP contribution in [0.4, 0.5) is 4.39 Å². The van der Waals surface area contributed by atoms with Crippen LogP contribution < -0.4 is 0 Å². The van der Waals surface area contributed by atoms with Gasteiger partial charge in [0.25, 0.3) is 0 Å². The normalized spacial score (nSPS) is 17.5. The van der Waals surface area contributed by atoms with Gasteiger partial charge in [-0.1, -0.05) is 26.0 Å². The van der Waals surface area contributed by atoms with Gasteiger partial charge >= 0.3 is 0 Å². The minimum Gasteiger partial charge on any atom is -0.207 e. The van der Waals surface area contributed by atoms with Crippen LogP contribution in [0.15, 0.2) is 18.2 Å². The van der Waals surface area contributed by atoms with Crippen LogP contribution in [0.5, 0.6) is 0 Å². The second-order valence-electron chi connectivity index (χ2n) is 4.58. The van der Waals surface area contributed by atoms with Gasteiger partial charge in [0, 0.05) is 0 Å². The van der Waals surface area contributed by atoms with Crippen LogP contribution in [0.2, 0.25) is 0 Å². The van der Waals surface area contributed by atoms with Gasteiger partial charge in [0.05, 0.1) is 11.5 Å². The molecule has 1 aliphatic carbocycles. The quantitative estimate of drug-likeness (QED) is 0.721. The number of benzene rings is 1. The molecule has 0 spiro atoms. The van der Waals surface area contributed by atoms with Crippen LogP contribution in [0.3, 0.4) is 0 Å². The van der Waals surface area contributed by atoms with Gasteiger partial charge in [-0.05, 0) is 36.0 Å². The first-order chi connectivity index (χ1) is 7.09. The average molecular weight is 203 g/mol. The molecule has 0 N–H and O–H groups in total. The van der Waals surface area contributed by atoms with E-state index >= 15 is 0 Å². The highest BCUT2D eigenvalue weighted by Gasteiger charge is 2.45. The molecule has 1 saturated carbocycles. The van der Waals surface area contributed by atoms with E-state index in [1.807, 2.05) is 19.9 Å². The molecule has 0 saturated heterocycles. The zero-order valence-electron chi connectivity index (χ0n) is 9.05. The third-order valence-electron chi connectivity index (χ3n) is 3.13. The highest BCUT2D eigenvalue weighted by molar-refractivity contribution is 5.41. The van der Waals surface area contributed by atoms with E-state index < -0.39 is 0 Å². The zero-order chi connectivity index (χ0) is 11.1. The molecule has 1 nitrogen and oxygen atoms in total. The van der Waals surface area contributed by atoms with Crippen molar-refractivity contribution in [3.63, 3.8) is 0 Å². The van der Waals surface area contributed by atoms with Gasteiger partial charge in [-0.3, -0.25) is 0 Å². The molecule has 78 valence electrons. The smallest absolute Gasteiger partial charge is 0.126 e. The Hall–Kier alpha value is -1.36. The number of nitrogens with zero attached hydrogens (tertiary/aromatic N) is 1. The van der Waals surface area contributed by atoms with E-state index in [2.05, 4.69) is 6.07 Å². The highest BCUT2D eigenvalue weighted by Crippen LogP contribution is 2.48. The average Bonchev–Trinajstić information content (AvgIpc) is 2.99. The van der Waals surface area contributed by atoms with Crippen molar-refractivity contribution < 1.29 is 4.39 Å². The molecule has 1 aromatic rings. The summed E-state index contributed by atoms with van der Waals surface area (Å²) >= 11 is 0. The lowest BCUT2D eigenvalue weighted by molar-refractivity contribution is 0.596. The largest absolute Gasteiger partial charge is 0.207 e. The summed E-state index contributed by atoms with van der Waals surface area (Å²) in [5.41, 5.74) is 1.39. The van der Waals surface area contributed by atoms with Crippen molar-refractivity contribution >= 4 is 0 Å². The summed E-state index contributed by atoms with van der Waals surface area (Å²) in [6.45, 7) is 3.93. The van der Waals surface area contributed by atoms with E-state index in [9.17, 15) is 4.39 Å². The molecular formula is C13H14FN. The van der Waals surface area contributed by atoms with Crippen molar-refractivity contribution in [1.29, 1.82) is 5.26 Å². The van der Waals surface area contributed by atoms with Gasteiger partial charge in [0.2, 0.25) is 0 Å². The van der Waals surface area contributed by atoms with E-state index in [-0.39, 0.29) is 17.2 Å². The number of halogens is 1. The fourth-order valence-corrected chi connectivity index (χ4v) is 1.87. The third-order valence-corrected chi connectivity index (χ3v) is 3.13. The monoisotopic (exact) mass is 203 g/mol. The van der Waals surface area contributed by atoms with Crippen molar-refractivity contribution in [2.24, 2.45) is 0 Å². The Morgan fingerprint density at radius 2 is 2.07 bits per heavy atom. The standard InChI is InChI=1S/C13H14FN/c1-9(2)11-7-10(3-4-12(11)14)13(8-15)5-6-13/h3-4,7,9H,5-6H2,1-2H3. The Labute approximate surface area is 89.5 Å². The molecule has 0 heterocycles. The van der Waals surface area contributed by atoms with Crippen LogP contribution in [0.1, 0.15) is 43.7 Å². The second-order valence-corrected chi connectivity index (χ2v) is 4.58. The number of hydrogen-bond acceptors (Lipinski definition) is 1. The Morgan fingerprint density at radius 3 is 2.53 bits per heavy atom. The van der Waals surface area contributed by atoms with Crippen LogP contribution in [0.25, 0.3) is 0 Å². The summed E-state index contributed by atoms with van der Waals surface area (Å²) in [5, 5.41) is 9.07. The summed E-state index contributed by atoms with van der Waals surface area (Å²) in [5.74, 6) is 0.00179. The molecule has 2 rings (SSSR count). The minimum absolute atomic E-state index is 0.164. The van der Waals surface area contributed by atoms with Gasteiger partial charge in [0.15, 0.2) is 0 Å². The molecule has 0 radical (unpaired) electrons. The number of rotatable bonds is 2. The van der Waals surface area contributed by atoms with E-state index in [1.54, 1.807) is 6.07 Å². The second kappa shape index (κ2) is 3.34. The molecule has 0 atom stereocenters. The summed E-state index contributed by atoms with van der Waals surface area (Å²) in [4.78, 5) is 0. The van der Waals surface area contributed by atoms with Crippen molar-refractivity contribution in [1.82, 2.24) is 0 Å². The van der Waals surface area contributed by atoms with Crippen molar-refractivity contribution in [3.05, 3.63) is 35.1 Å². The zero-order valence-corrected chi connectivity index (χ0v) is 9.05. The lowest BCUT2D eigenvalue weighted by Crippen LogP contribution is -2.05. The Bertz CT molecular complexity index is 425. The molecule has 0 aromatic heterocycles. The summed E-state index contributed by atoms with van der Waals surface area (Å²) in [6.07, 6.45) is 1.82. The van der Waals surface area contributed by atoms with Crippen LogP contribution in [-0.2, 0) is 5.41 Å². The predicted molar refractivity (Wildman–Crippen MR) is 57.0 cm³/mol. The maximum atomic E-state index is 13.5. The molecule has 0 amide bonds. The summed E-state index contributed by atoms with van der Waals surface area (Å²) < 4.78 is 13.5. The summed E-state index contributed by atoms with van der Waals surface area (Å²) in [7, 11) is 0. The first-order valence-corrected chi connectivity index (χ1v) is 5.30. The van der Waals surface area contributed by atoms with Crippen LogP contribution in [-0.4, -0.2) is 0 Å². The predicted octanol–water partition coefficient (Wildman–Crippen LogP) is 3.50. The molecule has 15 heavy (non-hydrogen) atoms. The molecule has 0 aliphatic heterocycles. The molecular weight excluding hydrogens is 189 g/mol. The van der Waals surface area contributed by atoms with Crippen molar-refractivity contribution in [2.45, 2.75) is 38.0 Å².